The lowest BCUT2D eigenvalue weighted by atomic mass is 10.2. The van der Waals surface area contributed by atoms with Crippen molar-refractivity contribution in [3.63, 3.8) is 0 Å². The summed E-state index contributed by atoms with van der Waals surface area (Å²) in [6.07, 6.45) is -3.00. The number of nitrogens with zero attached hydrogens (tertiary/aromatic N) is 1. The Kier molecular flexibility index (Phi) is 9.08. The third kappa shape index (κ3) is 12.5. The first-order valence-electron chi connectivity index (χ1n) is 10.6. The molecule has 1 fully saturated rings. The SMILES string of the molecule is CC(C)(C)OC(=O)N[C@@H]1C[C@H](CN=[13C](NC(=O)OC(C)(C)C)NC(=O)OC(C)(C)C)OC1=O. The number of carbonyl (C=O) groups excluding carboxylic acids is 4. The van der Waals surface area contributed by atoms with E-state index in [9.17, 15) is 19.2 Å². The summed E-state index contributed by atoms with van der Waals surface area (Å²) >= 11 is 0. The van der Waals surface area contributed by atoms with E-state index in [4.69, 9.17) is 18.9 Å². The molecular formula is C21H36N4O8. The fourth-order valence-corrected chi connectivity index (χ4v) is 2.44. The molecule has 1 rings (SSSR count). The zero-order valence-corrected chi connectivity index (χ0v) is 20.8. The van der Waals surface area contributed by atoms with E-state index in [1.807, 2.05) is 0 Å². The molecule has 0 aromatic heterocycles. The fraction of sp³-hybridized carbons (Fsp3) is 0.762. The number of cyclic esters (lactones) is 1. The molecular weight excluding hydrogens is 437 g/mol. The Labute approximate surface area is 194 Å². The molecule has 0 aromatic carbocycles. The highest BCUT2D eigenvalue weighted by Gasteiger charge is 2.36. The first kappa shape index (κ1) is 28.0. The largest absolute Gasteiger partial charge is 0.459 e. The topological polar surface area (TPSA) is 154 Å². The Hall–Kier alpha value is -3.05. The quantitative estimate of drug-likeness (QED) is 0.186. The summed E-state index contributed by atoms with van der Waals surface area (Å²) in [4.78, 5) is 52.4. The van der Waals surface area contributed by atoms with E-state index < -0.39 is 53.2 Å². The van der Waals surface area contributed by atoms with E-state index in [0.29, 0.717) is 0 Å². The van der Waals surface area contributed by atoms with Gasteiger partial charge < -0.3 is 24.3 Å². The van der Waals surface area contributed by atoms with E-state index in [2.05, 4.69) is 20.9 Å². The van der Waals surface area contributed by atoms with Crippen LogP contribution in [0.25, 0.3) is 0 Å². The summed E-state index contributed by atoms with van der Waals surface area (Å²) in [5.74, 6) is -0.874. The van der Waals surface area contributed by atoms with Gasteiger partial charge in [0, 0.05) is 6.42 Å². The summed E-state index contributed by atoms with van der Waals surface area (Å²) < 4.78 is 20.7. The average molecular weight is 474 g/mol. The molecule has 0 bridgehead atoms. The Morgan fingerprint density at radius 2 is 1.27 bits per heavy atom. The normalized spacial score (nSPS) is 18.5. The van der Waals surface area contributed by atoms with Crippen molar-refractivity contribution in [3.05, 3.63) is 0 Å². The van der Waals surface area contributed by atoms with Crippen LogP contribution in [0.4, 0.5) is 14.4 Å². The predicted molar refractivity (Wildman–Crippen MR) is 119 cm³/mol. The van der Waals surface area contributed by atoms with E-state index in [1.165, 1.54) is 0 Å². The van der Waals surface area contributed by atoms with Crippen LogP contribution in [-0.2, 0) is 23.7 Å². The van der Waals surface area contributed by atoms with Gasteiger partial charge in [-0.05, 0) is 62.3 Å². The maximum atomic E-state index is 12.1. The van der Waals surface area contributed by atoms with Crippen LogP contribution in [0, 0.1) is 0 Å². The van der Waals surface area contributed by atoms with E-state index >= 15 is 0 Å². The van der Waals surface area contributed by atoms with Crippen LogP contribution >= 0.6 is 0 Å². The highest BCUT2D eigenvalue weighted by atomic mass is 16.6. The summed E-state index contributed by atoms with van der Waals surface area (Å²) in [6, 6.07) is -0.902. The minimum absolute atomic E-state index is 0.0980. The molecule has 0 saturated carbocycles. The Bertz CT molecular complexity index is 743. The van der Waals surface area contributed by atoms with Gasteiger partial charge in [-0.1, -0.05) is 0 Å². The van der Waals surface area contributed by atoms with Gasteiger partial charge in [0.2, 0.25) is 5.96 Å². The first-order chi connectivity index (χ1) is 14.8. The van der Waals surface area contributed by atoms with Gasteiger partial charge in [-0.3, -0.25) is 10.6 Å². The molecule has 3 amide bonds. The van der Waals surface area contributed by atoms with E-state index in [1.54, 1.807) is 62.3 Å². The molecule has 0 unspecified atom stereocenters. The molecule has 188 valence electrons. The number of esters is 1. The van der Waals surface area contributed by atoms with Gasteiger partial charge >= 0.3 is 24.2 Å². The van der Waals surface area contributed by atoms with Crippen LogP contribution in [-0.4, -0.2) is 65.7 Å². The summed E-state index contributed by atoms with van der Waals surface area (Å²) in [5.41, 5.74) is -2.27. The molecule has 3 N–H and O–H groups in total. The van der Waals surface area contributed by atoms with Crippen molar-refractivity contribution < 1.29 is 38.1 Å². The van der Waals surface area contributed by atoms with Gasteiger partial charge in [-0.2, -0.15) is 0 Å². The lowest BCUT2D eigenvalue weighted by molar-refractivity contribution is -0.142. The van der Waals surface area contributed by atoms with Crippen molar-refractivity contribution in [2.45, 2.75) is 97.7 Å². The first-order valence-corrected chi connectivity index (χ1v) is 10.6. The minimum Gasteiger partial charge on any atom is -0.459 e. The van der Waals surface area contributed by atoms with Crippen LogP contribution in [0.2, 0.25) is 0 Å². The second-order valence-electron chi connectivity index (χ2n) is 10.4. The smallest absolute Gasteiger partial charge is 0.414 e. The Balaban J connectivity index is 2.81. The van der Waals surface area contributed by atoms with Crippen molar-refractivity contribution in [2.24, 2.45) is 4.99 Å². The molecule has 0 aliphatic carbocycles. The molecule has 0 radical (unpaired) electrons. The van der Waals surface area contributed by atoms with Crippen LogP contribution in [0.3, 0.4) is 0 Å². The lowest BCUT2D eigenvalue weighted by Gasteiger charge is -2.22. The fourth-order valence-electron chi connectivity index (χ4n) is 2.44. The lowest BCUT2D eigenvalue weighted by Crippen LogP contribution is -2.47. The number of hydrogen-bond acceptors (Lipinski definition) is 9. The molecule has 12 heteroatoms. The Morgan fingerprint density at radius 3 is 1.70 bits per heavy atom. The number of alkyl carbamates (subject to hydrolysis) is 3. The van der Waals surface area contributed by atoms with E-state index in [-0.39, 0.29) is 18.9 Å². The predicted octanol–water partition coefficient (Wildman–Crippen LogP) is 2.60. The highest BCUT2D eigenvalue weighted by Crippen LogP contribution is 2.17. The maximum absolute atomic E-state index is 12.1. The van der Waals surface area contributed by atoms with Gasteiger partial charge in [0.1, 0.15) is 28.9 Å². The van der Waals surface area contributed by atoms with Crippen LogP contribution in [0.1, 0.15) is 68.7 Å². The number of rotatable bonds is 3. The molecule has 0 spiro atoms. The second kappa shape index (κ2) is 10.7. The zero-order chi connectivity index (χ0) is 25.6. The molecule has 2 atom stereocenters. The molecule has 12 nitrogen and oxygen atoms in total. The van der Waals surface area contributed by atoms with Gasteiger partial charge in [0.25, 0.3) is 0 Å². The number of amides is 3. The third-order valence-corrected chi connectivity index (χ3v) is 3.45. The van der Waals surface area contributed by atoms with Gasteiger partial charge in [-0.15, -0.1) is 0 Å². The molecule has 1 aliphatic rings. The highest BCUT2D eigenvalue weighted by molar-refractivity contribution is 6.01. The summed E-state index contributed by atoms with van der Waals surface area (Å²) in [7, 11) is 0. The standard InChI is InChI=1S/C21H36N4O8/c1-19(2,3)31-16(27)23-13-10-12(30-14(13)26)11-22-15(24-17(28)32-20(4,5)6)25-18(29)33-21(7,8)9/h12-13H,10-11H2,1-9H3,(H,23,27)(H2,22,24,25,28,29)/t12-,13-/m1/s1/i15+1. The molecule has 1 heterocycles. The van der Waals surface area contributed by atoms with Gasteiger partial charge in [0.05, 0.1) is 6.54 Å². The molecule has 33 heavy (non-hydrogen) atoms. The van der Waals surface area contributed by atoms with Crippen molar-refractivity contribution in [1.29, 1.82) is 0 Å². The second-order valence-corrected chi connectivity index (χ2v) is 10.4. The number of hydrogen-bond donors (Lipinski definition) is 3. The maximum Gasteiger partial charge on any atom is 0.414 e. The van der Waals surface area contributed by atoms with Crippen molar-refractivity contribution in [2.75, 3.05) is 6.54 Å². The zero-order valence-electron chi connectivity index (χ0n) is 20.8. The van der Waals surface area contributed by atoms with Crippen LogP contribution in [0.5, 0.6) is 0 Å². The van der Waals surface area contributed by atoms with Crippen LogP contribution in [0.15, 0.2) is 4.99 Å². The number of guanidine groups is 1. The number of ether oxygens (including phenoxy) is 4. The van der Waals surface area contributed by atoms with Crippen molar-refractivity contribution in [1.82, 2.24) is 16.0 Å². The van der Waals surface area contributed by atoms with Crippen LogP contribution < -0.4 is 16.0 Å². The number of nitrogens with one attached hydrogen (secondary N) is 3. The Morgan fingerprint density at radius 1 is 0.848 bits per heavy atom. The molecule has 1 saturated heterocycles. The van der Waals surface area contributed by atoms with Gasteiger partial charge in [-0.25, -0.2) is 24.2 Å². The number of carbonyl (C=O) groups is 4. The molecule has 0 aromatic rings. The number of aliphatic imine (C=N–C) groups is 1. The summed E-state index contributed by atoms with van der Waals surface area (Å²) in [6.45, 7) is 15.1. The van der Waals surface area contributed by atoms with Crippen molar-refractivity contribution in [3.8, 4) is 0 Å². The monoisotopic (exact) mass is 473 g/mol. The van der Waals surface area contributed by atoms with Crippen molar-refractivity contribution >= 4 is 30.2 Å². The third-order valence-electron chi connectivity index (χ3n) is 3.45. The molecule has 1 aliphatic heterocycles. The summed E-state index contributed by atoms with van der Waals surface area (Å²) in [5, 5.41) is 7.14. The average Bonchev–Trinajstić information content (AvgIpc) is 2.86. The van der Waals surface area contributed by atoms with E-state index in [0.717, 1.165) is 0 Å². The minimum atomic E-state index is -0.902. The van der Waals surface area contributed by atoms with Gasteiger partial charge in [0.15, 0.2) is 0 Å².